The zero-order valence-corrected chi connectivity index (χ0v) is 17.1. The summed E-state index contributed by atoms with van der Waals surface area (Å²) in [5.41, 5.74) is 6.34. The number of para-hydroxylation sites is 1. The Balaban J connectivity index is 2.28. The van der Waals surface area contributed by atoms with E-state index in [-0.39, 0.29) is 0 Å². The fraction of sp³-hybridized carbons (Fsp3) is 0.318. The van der Waals surface area contributed by atoms with Crippen molar-refractivity contribution in [3.8, 4) is 17.1 Å². The summed E-state index contributed by atoms with van der Waals surface area (Å²) in [5.74, 6) is 1.89. The molecular weight excluding hydrogens is 372 g/mol. The predicted octanol–water partition coefficient (Wildman–Crippen LogP) is 6.86. The Morgan fingerprint density at radius 1 is 0.960 bits per heavy atom. The van der Waals surface area contributed by atoms with E-state index in [9.17, 15) is 0 Å². The van der Waals surface area contributed by atoms with Gasteiger partial charge in [-0.25, -0.2) is 4.98 Å². The summed E-state index contributed by atoms with van der Waals surface area (Å²) in [5, 5.41) is 0. The molecule has 0 saturated carbocycles. The maximum atomic E-state index is 4.69. The lowest BCUT2D eigenvalue weighted by Gasteiger charge is -2.22. The first-order valence-corrected chi connectivity index (χ1v) is 9.62. The van der Waals surface area contributed by atoms with Crippen LogP contribution in [0.1, 0.15) is 56.2 Å². The highest BCUT2D eigenvalue weighted by molar-refractivity contribution is 9.10. The largest absolute Gasteiger partial charge is 0.299 e. The van der Waals surface area contributed by atoms with Gasteiger partial charge in [-0.2, -0.15) is 0 Å². The van der Waals surface area contributed by atoms with E-state index in [0.29, 0.717) is 11.8 Å². The Morgan fingerprint density at radius 3 is 2.16 bits per heavy atom. The number of halogens is 1. The summed E-state index contributed by atoms with van der Waals surface area (Å²) in [4.78, 5) is 4.69. The molecule has 0 fully saturated rings. The van der Waals surface area contributed by atoms with Crippen molar-refractivity contribution in [2.75, 3.05) is 0 Å². The molecule has 0 atom stereocenters. The number of aromatic nitrogens is 2. The number of nitrogens with zero attached hydrogens (tertiary/aromatic N) is 2. The summed E-state index contributed by atoms with van der Waals surface area (Å²) in [6, 6.07) is 13.1. The molecule has 0 saturated heterocycles. The number of benzene rings is 2. The minimum atomic E-state index is 0.452. The van der Waals surface area contributed by atoms with Gasteiger partial charge in [-0.05, 0) is 53.6 Å². The Hall–Kier alpha value is -1.87. The molecule has 0 radical (unpaired) electrons. The van der Waals surface area contributed by atoms with E-state index in [1.54, 1.807) is 0 Å². The van der Waals surface area contributed by atoms with E-state index in [1.165, 1.54) is 22.4 Å². The molecule has 1 heterocycles. The second kappa shape index (κ2) is 7.17. The second-order valence-corrected chi connectivity index (χ2v) is 8.15. The fourth-order valence-electron chi connectivity index (χ4n) is 3.35. The average molecular weight is 397 g/mol. The van der Waals surface area contributed by atoms with Gasteiger partial charge in [0.1, 0.15) is 5.82 Å². The van der Waals surface area contributed by atoms with E-state index in [4.69, 9.17) is 0 Å². The molecule has 2 nitrogen and oxygen atoms in total. The minimum absolute atomic E-state index is 0.452. The van der Waals surface area contributed by atoms with Crippen molar-refractivity contribution in [1.82, 2.24) is 9.55 Å². The van der Waals surface area contributed by atoms with Gasteiger partial charge >= 0.3 is 0 Å². The van der Waals surface area contributed by atoms with Crippen LogP contribution in [-0.4, -0.2) is 9.55 Å². The molecule has 1 aromatic heterocycles. The highest BCUT2D eigenvalue weighted by Gasteiger charge is 2.18. The first kappa shape index (κ1) is 17.9. The summed E-state index contributed by atoms with van der Waals surface area (Å²) in [6.07, 6.45) is 3.98. The number of hydrogen-bond donors (Lipinski definition) is 0. The molecule has 0 bridgehead atoms. The van der Waals surface area contributed by atoms with Crippen molar-refractivity contribution < 1.29 is 0 Å². The third-order valence-electron chi connectivity index (χ3n) is 4.52. The van der Waals surface area contributed by atoms with Gasteiger partial charge in [-0.3, -0.25) is 4.57 Å². The standard InChI is InChI=1S/C22H25BrN2/c1-14(2)19-7-6-8-20(15(3)4)21(19)25-10-9-24-22(25)17-11-16(5)12-18(23)13-17/h6-15H,1-5H3. The Kier molecular flexibility index (Phi) is 5.14. The fourth-order valence-corrected chi connectivity index (χ4v) is 3.96. The quantitative estimate of drug-likeness (QED) is 0.470. The van der Waals surface area contributed by atoms with Crippen molar-refractivity contribution >= 4 is 15.9 Å². The number of hydrogen-bond acceptors (Lipinski definition) is 1. The Morgan fingerprint density at radius 2 is 1.60 bits per heavy atom. The van der Waals surface area contributed by atoms with Gasteiger partial charge in [0.25, 0.3) is 0 Å². The molecule has 130 valence electrons. The van der Waals surface area contributed by atoms with Gasteiger partial charge in [0.2, 0.25) is 0 Å². The number of rotatable bonds is 4. The van der Waals surface area contributed by atoms with Crippen LogP contribution in [0.5, 0.6) is 0 Å². The normalized spacial score (nSPS) is 11.5. The molecule has 0 aliphatic heterocycles. The van der Waals surface area contributed by atoms with Crippen LogP contribution in [-0.2, 0) is 0 Å². The van der Waals surface area contributed by atoms with E-state index in [2.05, 4.69) is 103 Å². The zero-order valence-electron chi connectivity index (χ0n) is 15.5. The lowest BCUT2D eigenvalue weighted by Crippen LogP contribution is -2.07. The van der Waals surface area contributed by atoms with E-state index < -0.39 is 0 Å². The lowest BCUT2D eigenvalue weighted by atomic mass is 9.92. The number of aryl methyl sites for hydroxylation is 1. The molecular formula is C22H25BrN2. The Bertz CT molecular complexity index is 844. The van der Waals surface area contributed by atoms with Crippen LogP contribution < -0.4 is 0 Å². The zero-order chi connectivity index (χ0) is 18.1. The van der Waals surface area contributed by atoms with Crippen LogP contribution in [0, 0.1) is 6.92 Å². The first-order valence-electron chi connectivity index (χ1n) is 8.82. The SMILES string of the molecule is Cc1cc(Br)cc(-c2nccn2-c2c(C(C)C)cccc2C(C)C)c1. The third-order valence-corrected chi connectivity index (χ3v) is 4.98. The summed E-state index contributed by atoms with van der Waals surface area (Å²) in [7, 11) is 0. The van der Waals surface area contributed by atoms with Gasteiger partial charge in [0.15, 0.2) is 0 Å². The van der Waals surface area contributed by atoms with E-state index in [0.717, 1.165) is 15.9 Å². The monoisotopic (exact) mass is 396 g/mol. The molecule has 0 N–H and O–H groups in total. The van der Waals surface area contributed by atoms with Crippen molar-refractivity contribution in [2.24, 2.45) is 0 Å². The highest BCUT2D eigenvalue weighted by Crippen LogP contribution is 2.34. The topological polar surface area (TPSA) is 17.8 Å². The van der Waals surface area contributed by atoms with Crippen LogP contribution >= 0.6 is 15.9 Å². The maximum Gasteiger partial charge on any atom is 0.144 e. The van der Waals surface area contributed by atoms with Crippen LogP contribution in [0.25, 0.3) is 17.1 Å². The predicted molar refractivity (Wildman–Crippen MR) is 110 cm³/mol. The van der Waals surface area contributed by atoms with Crippen LogP contribution in [0.4, 0.5) is 0 Å². The molecule has 0 aliphatic rings. The van der Waals surface area contributed by atoms with Crippen LogP contribution in [0.15, 0.2) is 53.3 Å². The van der Waals surface area contributed by atoms with Crippen molar-refractivity contribution in [3.05, 3.63) is 70.0 Å². The van der Waals surface area contributed by atoms with Gasteiger partial charge in [0.05, 0.1) is 5.69 Å². The molecule has 0 amide bonds. The molecule has 0 aliphatic carbocycles. The number of imidazole rings is 1. The van der Waals surface area contributed by atoms with Crippen LogP contribution in [0.3, 0.4) is 0 Å². The molecule has 25 heavy (non-hydrogen) atoms. The molecule has 0 spiro atoms. The maximum absolute atomic E-state index is 4.69. The first-order chi connectivity index (χ1) is 11.9. The van der Waals surface area contributed by atoms with Crippen molar-refractivity contribution in [1.29, 1.82) is 0 Å². The Labute approximate surface area is 159 Å². The molecule has 3 heteroatoms. The van der Waals surface area contributed by atoms with Crippen molar-refractivity contribution in [2.45, 2.75) is 46.5 Å². The van der Waals surface area contributed by atoms with E-state index in [1.807, 2.05) is 6.20 Å². The van der Waals surface area contributed by atoms with Crippen LogP contribution in [0.2, 0.25) is 0 Å². The van der Waals surface area contributed by atoms with Crippen molar-refractivity contribution in [3.63, 3.8) is 0 Å². The molecule has 2 aromatic carbocycles. The molecule has 3 aromatic rings. The van der Waals surface area contributed by atoms with Gasteiger partial charge in [0, 0.05) is 22.4 Å². The summed E-state index contributed by atoms with van der Waals surface area (Å²) >= 11 is 3.62. The smallest absolute Gasteiger partial charge is 0.144 e. The summed E-state index contributed by atoms with van der Waals surface area (Å²) in [6.45, 7) is 11.1. The van der Waals surface area contributed by atoms with Gasteiger partial charge in [-0.15, -0.1) is 0 Å². The third kappa shape index (κ3) is 3.57. The second-order valence-electron chi connectivity index (χ2n) is 7.23. The summed E-state index contributed by atoms with van der Waals surface area (Å²) < 4.78 is 3.34. The minimum Gasteiger partial charge on any atom is -0.299 e. The average Bonchev–Trinajstić information content (AvgIpc) is 3.02. The van der Waals surface area contributed by atoms with E-state index >= 15 is 0 Å². The molecule has 3 rings (SSSR count). The lowest BCUT2D eigenvalue weighted by molar-refractivity contribution is 0.806. The highest BCUT2D eigenvalue weighted by atomic mass is 79.9. The van der Waals surface area contributed by atoms with Gasteiger partial charge < -0.3 is 0 Å². The molecule has 0 unspecified atom stereocenters. The van der Waals surface area contributed by atoms with Gasteiger partial charge in [-0.1, -0.05) is 61.8 Å².